The Morgan fingerprint density at radius 3 is 2.78 bits per heavy atom. The van der Waals surface area contributed by atoms with Crippen LogP contribution in [0.25, 0.3) is 0 Å². The summed E-state index contributed by atoms with van der Waals surface area (Å²) in [6, 6.07) is 0. The summed E-state index contributed by atoms with van der Waals surface area (Å²) in [6.45, 7) is 2.57. The number of allylic oxidation sites excluding steroid dienone is 1. The first-order valence-electron chi connectivity index (χ1n) is 2.17. The Labute approximate surface area is 52.1 Å². The van der Waals surface area contributed by atoms with Crippen LogP contribution in [0.2, 0.25) is 0 Å². The lowest BCUT2D eigenvalue weighted by atomic mass is 10.7. The molecule has 0 fully saturated rings. The van der Waals surface area contributed by atoms with Crippen LogP contribution in [0.15, 0.2) is 12.3 Å². The van der Waals surface area contributed by atoms with Crippen LogP contribution in [0.1, 0.15) is 6.92 Å². The molecule has 0 N–H and O–H groups in total. The highest BCUT2D eigenvalue weighted by atomic mass is 16.7. The Hall–Kier alpha value is -1.32. The fourth-order valence-electron chi connectivity index (χ4n) is 0.182. The SMILES string of the molecule is C/C=C\OC(=O)O[C]=O. The summed E-state index contributed by atoms with van der Waals surface area (Å²) in [5.41, 5.74) is 0. The molecule has 0 aromatic rings. The number of carbonyl (C=O) groups is 1. The molecule has 1 radical (unpaired) electrons. The summed E-state index contributed by atoms with van der Waals surface area (Å²) in [5, 5.41) is 0. The van der Waals surface area contributed by atoms with E-state index in [1.54, 1.807) is 6.92 Å². The van der Waals surface area contributed by atoms with Crippen LogP contribution < -0.4 is 0 Å². The second-order valence-corrected chi connectivity index (χ2v) is 1.02. The molecule has 0 aromatic carbocycles. The molecule has 0 unspecified atom stereocenters. The van der Waals surface area contributed by atoms with E-state index in [-0.39, 0.29) is 0 Å². The lowest BCUT2D eigenvalue weighted by Crippen LogP contribution is -2.00. The van der Waals surface area contributed by atoms with Gasteiger partial charge in [0.1, 0.15) is 0 Å². The number of hydrogen-bond acceptors (Lipinski definition) is 4. The fourth-order valence-corrected chi connectivity index (χ4v) is 0.182. The molecule has 0 aliphatic heterocycles. The second-order valence-electron chi connectivity index (χ2n) is 1.02. The van der Waals surface area contributed by atoms with Crippen molar-refractivity contribution in [3.05, 3.63) is 12.3 Å². The van der Waals surface area contributed by atoms with E-state index in [4.69, 9.17) is 0 Å². The summed E-state index contributed by atoms with van der Waals surface area (Å²) in [7, 11) is 0. The minimum Gasteiger partial charge on any atom is -0.403 e. The maximum atomic E-state index is 10.0. The monoisotopic (exact) mass is 129 g/mol. The maximum Gasteiger partial charge on any atom is 0.521 e. The smallest absolute Gasteiger partial charge is 0.403 e. The third-order valence-electron chi connectivity index (χ3n) is 0.425. The van der Waals surface area contributed by atoms with E-state index < -0.39 is 6.16 Å². The molecular formula is C5H5O4. The van der Waals surface area contributed by atoms with Gasteiger partial charge in [0, 0.05) is 0 Å². The van der Waals surface area contributed by atoms with Crippen LogP contribution >= 0.6 is 0 Å². The molecule has 9 heavy (non-hydrogen) atoms. The van der Waals surface area contributed by atoms with Crippen LogP contribution in [0, 0.1) is 0 Å². The molecule has 0 bridgehead atoms. The molecule has 0 saturated heterocycles. The van der Waals surface area contributed by atoms with Crippen molar-refractivity contribution in [2.24, 2.45) is 0 Å². The van der Waals surface area contributed by atoms with E-state index in [0.29, 0.717) is 0 Å². The first-order valence-corrected chi connectivity index (χ1v) is 2.17. The molecule has 0 saturated carbocycles. The van der Waals surface area contributed by atoms with E-state index in [9.17, 15) is 9.59 Å². The summed E-state index contributed by atoms with van der Waals surface area (Å²) in [6.07, 6.45) is 1.49. The number of ether oxygens (including phenoxy) is 2. The third-order valence-corrected chi connectivity index (χ3v) is 0.425. The molecule has 0 spiro atoms. The Kier molecular flexibility index (Phi) is 4.12. The normalized spacial score (nSPS) is 9.00. The van der Waals surface area contributed by atoms with Crippen LogP contribution in [0.3, 0.4) is 0 Å². The Balaban J connectivity index is 3.38. The highest BCUT2D eigenvalue weighted by molar-refractivity contribution is 5.69. The van der Waals surface area contributed by atoms with Crippen LogP contribution in [0.4, 0.5) is 4.79 Å². The van der Waals surface area contributed by atoms with Gasteiger partial charge in [0.05, 0.1) is 6.26 Å². The zero-order valence-electron chi connectivity index (χ0n) is 4.79. The molecule has 0 aromatic heterocycles. The van der Waals surface area contributed by atoms with Crippen molar-refractivity contribution in [2.45, 2.75) is 6.92 Å². The lowest BCUT2D eigenvalue weighted by Gasteiger charge is -1.89. The highest BCUT2D eigenvalue weighted by Crippen LogP contribution is 1.82. The van der Waals surface area contributed by atoms with E-state index in [2.05, 4.69) is 9.47 Å². The Bertz CT molecular complexity index is 127. The van der Waals surface area contributed by atoms with E-state index in [1.807, 2.05) is 0 Å². The predicted octanol–water partition coefficient (Wildman–Crippen LogP) is 0.740. The first kappa shape index (κ1) is 7.68. The Morgan fingerprint density at radius 2 is 2.33 bits per heavy atom. The Morgan fingerprint density at radius 1 is 1.67 bits per heavy atom. The highest BCUT2D eigenvalue weighted by Gasteiger charge is 1.97. The van der Waals surface area contributed by atoms with Gasteiger partial charge in [-0.1, -0.05) is 6.08 Å². The molecule has 4 nitrogen and oxygen atoms in total. The molecule has 0 rings (SSSR count). The lowest BCUT2D eigenvalue weighted by molar-refractivity contribution is 0.129. The van der Waals surface area contributed by atoms with Gasteiger partial charge >= 0.3 is 12.6 Å². The van der Waals surface area contributed by atoms with Gasteiger partial charge in [-0.2, -0.15) is 0 Å². The first-order chi connectivity index (χ1) is 4.31. The van der Waals surface area contributed by atoms with E-state index >= 15 is 0 Å². The van der Waals surface area contributed by atoms with Gasteiger partial charge in [-0.15, -0.1) is 0 Å². The number of rotatable bonds is 2. The summed E-state index contributed by atoms with van der Waals surface area (Å²) in [5.74, 6) is 0. The molecule has 4 heteroatoms. The van der Waals surface area contributed by atoms with Crippen molar-refractivity contribution in [3.8, 4) is 0 Å². The van der Waals surface area contributed by atoms with Crippen molar-refractivity contribution >= 4 is 12.6 Å². The quantitative estimate of drug-likeness (QED) is 0.313. The average molecular weight is 129 g/mol. The predicted molar refractivity (Wildman–Crippen MR) is 28.1 cm³/mol. The number of hydrogen-bond donors (Lipinski definition) is 0. The largest absolute Gasteiger partial charge is 0.521 e. The fraction of sp³-hybridized carbons (Fsp3) is 0.200. The third kappa shape index (κ3) is 4.53. The topological polar surface area (TPSA) is 52.6 Å². The van der Waals surface area contributed by atoms with Crippen LogP contribution in [-0.2, 0) is 14.3 Å². The summed E-state index contributed by atoms with van der Waals surface area (Å²) < 4.78 is 7.75. The van der Waals surface area contributed by atoms with Gasteiger partial charge in [0.15, 0.2) is 0 Å². The maximum absolute atomic E-state index is 10.0. The standard InChI is InChI=1S/C5H5O4/c1-2-3-8-5(7)9-4-6/h2-3H,1H3/b3-2-. The van der Waals surface area contributed by atoms with Gasteiger partial charge in [0.2, 0.25) is 0 Å². The summed E-state index contributed by atoms with van der Waals surface area (Å²) >= 11 is 0. The van der Waals surface area contributed by atoms with Crippen molar-refractivity contribution in [3.63, 3.8) is 0 Å². The molecular weight excluding hydrogens is 124 g/mol. The van der Waals surface area contributed by atoms with Crippen molar-refractivity contribution in [1.82, 2.24) is 0 Å². The second kappa shape index (κ2) is 4.83. The minimum absolute atomic E-state index is 0.918. The van der Waals surface area contributed by atoms with Crippen molar-refractivity contribution < 1.29 is 19.1 Å². The zero-order chi connectivity index (χ0) is 7.11. The van der Waals surface area contributed by atoms with Crippen LogP contribution in [-0.4, -0.2) is 12.6 Å². The van der Waals surface area contributed by atoms with Crippen molar-refractivity contribution in [2.75, 3.05) is 0 Å². The molecule has 0 atom stereocenters. The zero-order valence-corrected chi connectivity index (χ0v) is 4.79. The van der Waals surface area contributed by atoms with E-state index in [0.717, 1.165) is 12.7 Å². The molecule has 0 amide bonds. The summed E-state index contributed by atoms with van der Waals surface area (Å²) in [4.78, 5) is 19.4. The van der Waals surface area contributed by atoms with Gasteiger partial charge in [0.25, 0.3) is 0 Å². The van der Waals surface area contributed by atoms with Gasteiger partial charge in [-0.05, 0) is 6.92 Å². The van der Waals surface area contributed by atoms with Crippen LogP contribution in [0.5, 0.6) is 0 Å². The van der Waals surface area contributed by atoms with Crippen molar-refractivity contribution in [1.29, 1.82) is 0 Å². The average Bonchev–Trinajstić information content (AvgIpc) is 1.85. The van der Waals surface area contributed by atoms with Gasteiger partial charge in [-0.3, -0.25) is 0 Å². The van der Waals surface area contributed by atoms with E-state index in [1.165, 1.54) is 6.08 Å². The van der Waals surface area contributed by atoms with Gasteiger partial charge in [-0.25, -0.2) is 9.59 Å². The molecule has 49 valence electrons. The molecule has 0 heterocycles. The molecule has 0 aliphatic rings. The molecule has 0 aliphatic carbocycles. The van der Waals surface area contributed by atoms with Gasteiger partial charge < -0.3 is 9.47 Å². The number of carbonyl (C=O) groups excluding carboxylic acids is 2. The minimum atomic E-state index is -1.08.